The summed E-state index contributed by atoms with van der Waals surface area (Å²) in [5.74, 6) is 0.647. The second-order valence-electron chi connectivity index (χ2n) is 4.37. The highest BCUT2D eigenvalue weighted by molar-refractivity contribution is 5.60. The van der Waals surface area contributed by atoms with E-state index in [1.165, 1.54) is 12.7 Å². The molecule has 0 bridgehead atoms. The molecular formula is C13H15N5O. The Labute approximate surface area is 111 Å². The normalized spacial score (nSPS) is 23.2. The zero-order valence-electron chi connectivity index (χ0n) is 10.4. The van der Waals surface area contributed by atoms with E-state index in [4.69, 9.17) is 10.5 Å². The van der Waals surface area contributed by atoms with Gasteiger partial charge in [-0.3, -0.25) is 0 Å². The molecule has 1 fully saturated rings. The molecule has 19 heavy (non-hydrogen) atoms. The third-order valence-corrected chi connectivity index (χ3v) is 3.06. The summed E-state index contributed by atoms with van der Waals surface area (Å²) < 4.78 is 5.78. The van der Waals surface area contributed by atoms with Gasteiger partial charge in [-0.15, -0.1) is 0 Å². The SMILES string of the molecule is NC1CNCC(c2ccccc2-c2ncncn2)O1. The Morgan fingerprint density at radius 2 is 1.95 bits per heavy atom. The molecule has 0 amide bonds. The molecule has 3 N–H and O–H groups in total. The second kappa shape index (κ2) is 5.40. The van der Waals surface area contributed by atoms with Crippen molar-refractivity contribution in [2.75, 3.05) is 13.1 Å². The number of hydrogen-bond donors (Lipinski definition) is 2. The molecule has 0 aliphatic carbocycles. The molecule has 1 saturated heterocycles. The number of benzene rings is 1. The largest absolute Gasteiger partial charge is 0.353 e. The monoisotopic (exact) mass is 257 g/mol. The van der Waals surface area contributed by atoms with Gasteiger partial charge in [0.15, 0.2) is 5.82 Å². The highest BCUT2D eigenvalue weighted by Gasteiger charge is 2.23. The van der Waals surface area contributed by atoms with Gasteiger partial charge in [0.1, 0.15) is 18.9 Å². The molecule has 6 heteroatoms. The second-order valence-corrected chi connectivity index (χ2v) is 4.37. The maximum Gasteiger partial charge on any atom is 0.163 e. The van der Waals surface area contributed by atoms with Crippen LogP contribution in [0.3, 0.4) is 0 Å². The van der Waals surface area contributed by atoms with Crippen LogP contribution in [-0.4, -0.2) is 34.3 Å². The maximum absolute atomic E-state index is 5.83. The fourth-order valence-corrected chi connectivity index (χ4v) is 2.21. The number of rotatable bonds is 2. The van der Waals surface area contributed by atoms with Crippen molar-refractivity contribution < 1.29 is 4.74 Å². The highest BCUT2D eigenvalue weighted by atomic mass is 16.5. The summed E-state index contributed by atoms with van der Waals surface area (Å²) in [4.78, 5) is 12.2. The number of aromatic nitrogens is 3. The smallest absolute Gasteiger partial charge is 0.163 e. The topological polar surface area (TPSA) is 86.0 Å². The van der Waals surface area contributed by atoms with Gasteiger partial charge in [-0.1, -0.05) is 24.3 Å². The first-order valence-corrected chi connectivity index (χ1v) is 6.17. The fourth-order valence-electron chi connectivity index (χ4n) is 2.21. The van der Waals surface area contributed by atoms with Crippen molar-refractivity contribution in [1.29, 1.82) is 0 Å². The predicted octanol–water partition coefficient (Wildman–Crippen LogP) is 0.484. The average Bonchev–Trinajstić information content (AvgIpc) is 2.48. The number of nitrogens with zero attached hydrogens (tertiary/aromatic N) is 3. The van der Waals surface area contributed by atoms with Crippen LogP contribution < -0.4 is 11.1 Å². The van der Waals surface area contributed by atoms with Crippen LogP contribution >= 0.6 is 0 Å². The Morgan fingerprint density at radius 3 is 2.74 bits per heavy atom. The van der Waals surface area contributed by atoms with Gasteiger partial charge in [0, 0.05) is 18.7 Å². The van der Waals surface area contributed by atoms with Gasteiger partial charge in [0.05, 0.1) is 6.10 Å². The number of nitrogens with two attached hydrogens (primary N) is 1. The van der Waals surface area contributed by atoms with Crippen LogP contribution in [0.15, 0.2) is 36.9 Å². The van der Waals surface area contributed by atoms with Crippen molar-refractivity contribution in [3.8, 4) is 11.4 Å². The van der Waals surface area contributed by atoms with Crippen LogP contribution in [0.25, 0.3) is 11.4 Å². The number of morpholine rings is 1. The molecule has 2 heterocycles. The van der Waals surface area contributed by atoms with Gasteiger partial charge in [-0.2, -0.15) is 0 Å². The van der Waals surface area contributed by atoms with Crippen molar-refractivity contribution in [2.24, 2.45) is 5.73 Å². The van der Waals surface area contributed by atoms with Crippen LogP contribution in [-0.2, 0) is 4.74 Å². The van der Waals surface area contributed by atoms with Gasteiger partial charge in [-0.05, 0) is 5.56 Å². The zero-order valence-corrected chi connectivity index (χ0v) is 10.4. The van der Waals surface area contributed by atoms with Gasteiger partial charge in [0.2, 0.25) is 0 Å². The Kier molecular flexibility index (Phi) is 3.45. The maximum atomic E-state index is 5.83. The van der Waals surface area contributed by atoms with E-state index < -0.39 is 0 Å². The molecule has 2 aromatic rings. The van der Waals surface area contributed by atoms with E-state index in [1.807, 2.05) is 24.3 Å². The first-order chi connectivity index (χ1) is 9.34. The molecule has 0 radical (unpaired) electrons. The number of hydrogen-bond acceptors (Lipinski definition) is 6. The first-order valence-electron chi connectivity index (χ1n) is 6.17. The van der Waals surface area contributed by atoms with Crippen molar-refractivity contribution in [2.45, 2.75) is 12.3 Å². The molecule has 1 aromatic heterocycles. The van der Waals surface area contributed by atoms with Crippen molar-refractivity contribution >= 4 is 0 Å². The van der Waals surface area contributed by atoms with E-state index in [0.717, 1.165) is 17.7 Å². The summed E-state index contributed by atoms with van der Waals surface area (Å²) in [6.45, 7) is 1.40. The number of ether oxygens (including phenoxy) is 1. The lowest BCUT2D eigenvalue weighted by Crippen LogP contribution is -2.45. The van der Waals surface area contributed by atoms with Crippen LogP contribution in [0.5, 0.6) is 0 Å². The van der Waals surface area contributed by atoms with Gasteiger partial charge in [0.25, 0.3) is 0 Å². The van der Waals surface area contributed by atoms with Gasteiger partial charge >= 0.3 is 0 Å². The summed E-state index contributed by atoms with van der Waals surface area (Å²) in [7, 11) is 0. The van der Waals surface area contributed by atoms with Gasteiger partial charge < -0.3 is 15.8 Å². The lowest BCUT2D eigenvalue weighted by molar-refractivity contribution is -0.0348. The highest BCUT2D eigenvalue weighted by Crippen LogP contribution is 2.28. The van der Waals surface area contributed by atoms with Crippen LogP contribution in [0, 0.1) is 0 Å². The zero-order chi connectivity index (χ0) is 13.1. The third kappa shape index (κ3) is 2.60. The molecule has 1 aliphatic heterocycles. The molecule has 1 aromatic carbocycles. The summed E-state index contributed by atoms with van der Waals surface area (Å²) in [5, 5.41) is 3.26. The Balaban J connectivity index is 1.98. The van der Waals surface area contributed by atoms with E-state index >= 15 is 0 Å². The van der Waals surface area contributed by atoms with E-state index in [-0.39, 0.29) is 12.3 Å². The summed E-state index contributed by atoms with van der Waals surface area (Å²) in [6.07, 6.45) is 2.61. The standard InChI is InChI=1S/C13H15N5O/c14-12-6-15-5-11(19-12)9-3-1-2-4-10(9)13-17-7-16-8-18-13/h1-4,7-8,11-12,15H,5-6,14H2. The quantitative estimate of drug-likeness (QED) is 0.814. The van der Waals surface area contributed by atoms with E-state index in [9.17, 15) is 0 Å². The van der Waals surface area contributed by atoms with Crippen molar-refractivity contribution in [1.82, 2.24) is 20.3 Å². The minimum absolute atomic E-state index is 0.0864. The lowest BCUT2D eigenvalue weighted by atomic mass is 10.0. The molecule has 98 valence electrons. The molecular weight excluding hydrogens is 242 g/mol. The molecule has 2 atom stereocenters. The summed E-state index contributed by atoms with van der Waals surface area (Å²) in [5.41, 5.74) is 7.81. The minimum Gasteiger partial charge on any atom is -0.353 e. The summed E-state index contributed by atoms with van der Waals surface area (Å²) >= 11 is 0. The molecule has 0 spiro atoms. The van der Waals surface area contributed by atoms with Gasteiger partial charge in [-0.25, -0.2) is 15.0 Å². The Bertz CT molecular complexity index is 548. The third-order valence-electron chi connectivity index (χ3n) is 3.06. The summed E-state index contributed by atoms with van der Waals surface area (Å²) in [6, 6.07) is 7.93. The molecule has 6 nitrogen and oxygen atoms in total. The molecule has 3 rings (SSSR count). The van der Waals surface area contributed by atoms with E-state index in [0.29, 0.717) is 12.4 Å². The molecule has 2 unspecified atom stereocenters. The first kappa shape index (κ1) is 12.2. The molecule has 0 saturated carbocycles. The van der Waals surface area contributed by atoms with Crippen LogP contribution in [0.4, 0.5) is 0 Å². The lowest BCUT2D eigenvalue weighted by Gasteiger charge is -2.29. The minimum atomic E-state index is -0.287. The number of nitrogens with one attached hydrogen (secondary N) is 1. The van der Waals surface area contributed by atoms with Crippen molar-refractivity contribution in [3.63, 3.8) is 0 Å². The fraction of sp³-hybridized carbons (Fsp3) is 0.308. The Morgan fingerprint density at radius 1 is 1.16 bits per heavy atom. The van der Waals surface area contributed by atoms with E-state index in [2.05, 4.69) is 20.3 Å². The van der Waals surface area contributed by atoms with Crippen molar-refractivity contribution in [3.05, 3.63) is 42.5 Å². The molecule has 1 aliphatic rings. The van der Waals surface area contributed by atoms with Crippen LogP contribution in [0.2, 0.25) is 0 Å². The van der Waals surface area contributed by atoms with E-state index in [1.54, 1.807) is 0 Å². The Hall–Kier alpha value is -1.89. The predicted molar refractivity (Wildman–Crippen MR) is 69.9 cm³/mol. The average molecular weight is 257 g/mol. The van der Waals surface area contributed by atoms with Crippen LogP contribution in [0.1, 0.15) is 11.7 Å².